The number of rotatable bonds is 8. The lowest BCUT2D eigenvalue weighted by atomic mass is 10.1. The molecule has 0 unspecified atom stereocenters. The summed E-state index contributed by atoms with van der Waals surface area (Å²) in [5.41, 5.74) is 3.22. The van der Waals surface area contributed by atoms with Gasteiger partial charge in [0.1, 0.15) is 11.5 Å². The number of urea groups is 1. The number of nitrogens with one attached hydrogen (secondary N) is 1. The molecule has 2 rings (SSSR count). The van der Waals surface area contributed by atoms with Gasteiger partial charge in [-0.1, -0.05) is 6.07 Å². The highest BCUT2D eigenvalue weighted by atomic mass is 16.5. The number of nitrogens with zero attached hydrogens (tertiary/aromatic N) is 1. The molecule has 0 aromatic heterocycles. The standard InChI is InChI=1S/C22H30N2O3/c1-16(2)23-22(25)24(5)19-7-9-20(10-8-19)26-11-6-12-27-21-14-17(3)13-18(4)15-21/h7-10,13-16H,6,11-12H2,1-5H3,(H,23,25). The van der Waals surface area contributed by atoms with E-state index in [1.54, 1.807) is 11.9 Å². The zero-order valence-corrected chi connectivity index (χ0v) is 16.9. The summed E-state index contributed by atoms with van der Waals surface area (Å²) in [6, 6.07) is 13.7. The average Bonchev–Trinajstić information content (AvgIpc) is 2.60. The van der Waals surface area contributed by atoms with Crippen LogP contribution in [0.5, 0.6) is 11.5 Å². The molecule has 5 heteroatoms. The molecule has 0 atom stereocenters. The molecule has 146 valence electrons. The summed E-state index contributed by atoms with van der Waals surface area (Å²) in [5, 5.41) is 2.87. The number of anilines is 1. The van der Waals surface area contributed by atoms with Crippen LogP contribution in [0, 0.1) is 13.8 Å². The van der Waals surface area contributed by atoms with E-state index in [0.29, 0.717) is 13.2 Å². The largest absolute Gasteiger partial charge is 0.493 e. The number of amides is 2. The molecule has 0 saturated carbocycles. The highest BCUT2D eigenvalue weighted by Crippen LogP contribution is 2.19. The topological polar surface area (TPSA) is 50.8 Å². The molecule has 0 fully saturated rings. The second-order valence-corrected chi connectivity index (χ2v) is 7.03. The first-order valence-corrected chi connectivity index (χ1v) is 9.33. The molecule has 1 N–H and O–H groups in total. The van der Waals surface area contributed by atoms with Crippen LogP contribution in [0.3, 0.4) is 0 Å². The van der Waals surface area contributed by atoms with Gasteiger partial charge in [-0.15, -0.1) is 0 Å². The SMILES string of the molecule is Cc1cc(C)cc(OCCCOc2ccc(N(C)C(=O)NC(C)C)cc2)c1. The van der Waals surface area contributed by atoms with Crippen LogP contribution in [-0.2, 0) is 0 Å². The zero-order chi connectivity index (χ0) is 19.8. The Hall–Kier alpha value is -2.69. The minimum Gasteiger partial charge on any atom is -0.493 e. The predicted octanol–water partition coefficient (Wildman–Crippen LogP) is 4.71. The number of benzene rings is 2. The third-order valence-corrected chi connectivity index (χ3v) is 3.96. The van der Waals surface area contributed by atoms with Crippen LogP contribution < -0.4 is 19.7 Å². The molecule has 0 saturated heterocycles. The minimum atomic E-state index is -0.123. The summed E-state index contributed by atoms with van der Waals surface area (Å²) in [6.45, 7) is 9.19. The van der Waals surface area contributed by atoms with Crippen molar-refractivity contribution in [2.75, 3.05) is 25.2 Å². The number of carbonyl (C=O) groups excluding carboxylic acids is 1. The maximum atomic E-state index is 12.0. The van der Waals surface area contributed by atoms with E-state index in [1.807, 2.05) is 50.2 Å². The van der Waals surface area contributed by atoms with Crippen molar-refractivity contribution < 1.29 is 14.3 Å². The van der Waals surface area contributed by atoms with E-state index in [1.165, 1.54) is 11.1 Å². The van der Waals surface area contributed by atoms with E-state index in [2.05, 4.69) is 25.2 Å². The summed E-state index contributed by atoms with van der Waals surface area (Å²) >= 11 is 0. The number of carbonyl (C=O) groups is 1. The van der Waals surface area contributed by atoms with Gasteiger partial charge in [0.05, 0.1) is 13.2 Å². The van der Waals surface area contributed by atoms with Crippen LogP contribution in [0.4, 0.5) is 10.5 Å². The second kappa shape index (κ2) is 9.86. The fourth-order valence-electron chi connectivity index (χ4n) is 2.68. The Bertz CT molecular complexity index is 721. The van der Waals surface area contributed by atoms with Crippen LogP contribution in [0.1, 0.15) is 31.4 Å². The zero-order valence-electron chi connectivity index (χ0n) is 16.9. The van der Waals surface area contributed by atoms with Crippen molar-refractivity contribution in [2.24, 2.45) is 0 Å². The maximum absolute atomic E-state index is 12.0. The van der Waals surface area contributed by atoms with Gasteiger partial charge in [0.25, 0.3) is 0 Å². The Morgan fingerprint density at radius 3 is 2.07 bits per heavy atom. The molecule has 0 aliphatic carbocycles. The van der Waals surface area contributed by atoms with Crippen LogP contribution in [-0.4, -0.2) is 32.3 Å². The summed E-state index contributed by atoms with van der Waals surface area (Å²) in [7, 11) is 1.75. The van der Waals surface area contributed by atoms with Crippen molar-refractivity contribution in [1.29, 1.82) is 0 Å². The number of aryl methyl sites for hydroxylation is 2. The fourth-order valence-corrected chi connectivity index (χ4v) is 2.68. The van der Waals surface area contributed by atoms with Crippen molar-refractivity contribution in [2.45, 2.75) is 40.2 Å². The molecule has 0 bridgehead atoms. The van der Waals surface area contributed by atoms with Crippen molar-refractivity contribution in [3.63, 3.8) is 0 Å². The Morgan fingerprint density at radius 2 is 1.52 bits per heavy atom. The van der Waals surface area contributed by atoms with E-state index in [9.17, 15) is 4.79 Å². The molecular formula is C22H30N2O3. The first-order valence-electron chi connectivity index (χ1n) is 9.33. The van der Waals surface area contributed by atoms with Crippen LogP contribution in [0.15, 0.2) is 42.5 Å². The first-order chi connectivity index (χ1) is 12.8. The van der Waals surface area contributed by atoms with Gasteiger partial charge in [0, 0.05) is 25.2 Å². The third-order valence-electron chi connectivity index (χ3n) is 3.96. The molecule has 27 heavy (non-hydrogen) atoms. The molecule has 2 amide bonds. The van der Waals surface area contributed by atoms with E-state index < -0.39 is 0 Å². The molecule has 5 nitrogen and oxygen atoms in total. The van der Waals surface area contributed by atoms with Crippen LogP contribution >= 0.6 is 0 Å². The molecule has 0 spiro atoms. The minimum absolute atomic E-state index is 0.105. The molecule has 0 heterocycles. The van der Waals surface area contributed by atoms with Gasteiger partial charge < -0.3 is 14.8 Å². The van der Waals surface area contributed by atoms with Crippen LogP contribution in [0.2, 0.25) is 0 Å². The van der Waals surface area contributed by atoms with Gasteiger partial charge in [-0.2, -0.15) is 0 Å². The molecule has 0 aliphatic heterocycles. The summed E-state index contributed by atoms with van der Waals surface area (Å²) < 4.78 is 11.5. The molecule has 0 aliphatic rings. The fraction of sp³-hybridized carbons (Fsp3) is 0.409. The first kappa shape index (κ1) is 20.6. The molecule has 0 radical (unpaired) electrons. The average molecular weight is 370 g/mol. The monoisotopic (exact) mass is 370 g/mol. The van der Waals surface area contributed by atoms with Crippen molar-refractivity contribution in [3.05, 3.63) is 53.6 Å². The van der Waals surface area contributed by atoms with Gasteiger partial charge in [-0.05, 0) is 75.2 Å². The lowest BCUT2D eigenvalue weighted by Crippen LogP contribution is -2.40. The van der Waals surface area contributed by atoms with Crippen molar-refractivity contribution in [1.82, 2.24) is 5.32 Å². The summed E-state index contributed by atoms with van der Waals surface area (Å²) in [5.74, 6) is 1.68. The Balaban J connectivity index is 1.74. The Labute approximate surface area is 162 Å². The Morgan fingerprint density at radius 1 is 0.963 bits per heavy atom. The maximum Gasteiger partial charge on any atom is 0.321 e. The van der Waals surface area contributed by atoms with Gasteiger partial charge in [-0.25, -0.2) is 4.79 Å². The molecular weight excluding hydrogens is 340 g/mol. The van der Waals surface area contributed by atoms with E-state index >= 15 is 0 Å². The quantitative estimate of drug-likeness (QED) is 0.685. The highest BCUT2D eigenvalue weighted by molar-refractivity contribution is 5.91. The van der Waals surface area contributed by atoms with Gasteiger partial charge in [0.2, 0.25) is 0 Å². The van der Waals surface area contributed by atoms with E-state index in [4.69, 9.17) is 9.47 Å². The summed E-state index contributed by atoms with van der Waals surface area (Å²) in [6.07, 6.45) is 0.797. The van der Waals surface area contributed by atoms with Crippen molar-refractivity contribution >= 4 is 11.7 Å². The highest BCUT2D eigenvalue weighted by Gasteiger charge is 2.11. The smallest absolute Gasteiger partial charge is 0.321 e. The van der Waals surface area contributed by atoms with E-state index in [-0.39, 0.29) is 12.1 Å². The van der Waals surface area contributed by atoms with Crippen LogP contribution in [0.25, 0.3) is 0 Å². The summed E-state index contributed by atoms with van der Waals surface area (Å²) in [4.78, 5) is 13.6. The van der Waals surface area contributed by atoms with Gasteiger partial charge >= 0.3 is 6.03 Å². The van der Waals surface area contributed by atoms with Gasteiger partial charge in [0.15, 0.2) is 0 Å². The normalized spacial score (nSPS) is 10.6. The number of ether oxygens (including phenoxy) is 2. The number of hydrogen-bond donors (Lipinski definition) is 1. The lowest BCUT2D eigenvalue weighted by Gasteiger charge is -2.20. The predicted molar refractivity (Wildman–Crippen MR) is 110 cm³/mol. The Kier molecular flexibility index (Phi) is 7.53. The van der Waals surface area contributed by atoms with E-state index in [0.717, 1.165) is 23.6 Å². The third kappa shape index (κ3) is 6.85. The van der Waals surface area contributed by atoms with Crippen molar-refractivity contribution in [3.8, 4) is 11.5 Å². The lowest BCUT2D eigenvalue weighted by molar-refractivity contribution is 0.245. The molecule has 2 aromatic carbocycles. The van der Waals surface area contributed by atoms with Gasteiger partial charge in [-0.3, -0.25) is 4.90 Å². The second-order valence-electron chi connectivity index (χ2n) is 7.03. The molecule has 2 aromatic rings. The number of hydrogen-bond acceptors (Lipinski definition) is 3.